The Morgan fingerprint density at radius 1 is 1.23 bits per heavy atom. The molecule has 0 aliphatic heterocycles. The maximum Gasteiger partial charge on any atom is 0.382 e. The van der Waals surface area contributed by atoms with Crippen molar-refractivity contribution in [1.29, 1.82) is 5.26 Å². The van der Waals surface area contributed by atoms with Crippen LogP contribution in [-0.4, -0.2) is 11.1 Å². The molecule has 13 heavy (non-hydrogen) atoms. The zero-order valence-electron chi connectivity index (χ0n) is 6.61. The van der Waals surface area contributed by atoms with Crippen molar-refractivity contribution in [2.24, 2.45) is 0 Å². The van der Waals surface area contributed by atoms with E-state index in [0.717, 1.165) is 0 Å². The molecule has 1 N–H and O–H groups in total. The topological polar surface area (TPSA) is 61.1 Å². The van der Waals surface area contributed by atoms with Crippen molar-refractivity contribution < 1.29 is 9.90 Å². The van der Waals surface area contributed by atoms with Crippen molar-refractivity contribution >= 4 is 5.97 Å². The van der Waals surface area contributed by atoms with E-state index < -0.39 is 5.97 Å². The summed E-state index contributed by atoms with van der Waals surface area (Å²) in [6.45, 7) is 0. The van der Waals surface area contributed by atoms with Gasteiger partial charge in [0.15, 0.2) is 0 Å². The predicted octanol–water partition coefficient (Wildman–Crippen LogP) is 0.994. The minimum absolute atomic E-state index is 0.529. The molecule has 0 fully saturated rings. The van der Waals surface area contributed by atoms with Crippen LogP contribution in [0.3, 0.4) is 0 Å². The van der Waals surface area contributed by atoms with E-state index in [1.54, 1.807) is 24.3 Å². The molecule has 0 heterocycles. The van der Waals surface area contributed by atoms with Crippen LogP contribution in [0.2, 0.25) is 0 Å². The van der Waals surface area contributed by atoms with Crippen LogP contribution in [0.1, 0.15) is 11.1 Å². The molecule has 0 aromatic heterocycles. The third kappa shape index (κ3) is 2.69. The molecule has 1 rings (SSSR count). The molecule has 0 aliphatic carbocycles. The number of carbonyl (C=O) groups is 1. The van der Waals surface area contributed by atoms with E-state index in [9.17, 15) is 4.79 Å². The molecule has 0 bridgehead atoms. The SMILES string of the molecule is N#Cc1ccc(C#CC(=O)O)cc1. The summed E-state index contributed by atoms with van der Waals surface area (Å²) < 4.78 is 0. The van der Waals surface area contributed by atoms with E-state index in [4.69, 9.17) is 10.4 Å². The first-order valence-electron chi connectivity index (χ1n) is 3.47. The van der Waals surface area contributed by atoms with Gasteiger partial charge in [-0.3, -0.25) is 0 Å². The van der Waals surface area contributed by atoms with Gasteiger partial charge in [-0.15, -0.1) is 0 Å². The van der Waals surface area contributed by atoms with Crippen molar-refractivity contribution in [2.75, 3.05) is 0 Å². The van der Waals surface area contributed by atoms with Gasteiger partial charge in [-0.2, -0.15) is 5.26 Å². The maximum atomic E-state index is 10.1. The van der Waals surface area contributed by atoms with Crippen LogP contribution >= 0.6 is 0 Å². The first-order valence-corrected chi connectivity index (χ1v) is 3.47. The van der Waals surface area contributed by atoms with E-state index >= 15 is 0 Å². The number of hydrogen-bond acceptors (Lipinski definition) is 2. The van der Waals surface area contributed by atoms with Crippen LogP contribution in [0.15, 0.2) is 24.3 Å². The van der Waals surface area contributed by atoms with Crippen molar-refractivity contribution in [1.82, 2.24) is 0 Å². The predicted molar refractivity (Wildman–Crippen MR) is 45.7 cm³/mol. The summed E-state index contributed by atoms with van der Waals surface area (Å²) in [6.07, 6.45) is 0. The molecule has 3 heteroatoms. The van der Waals surface area contributed by atoms with Gasteiger partial charge in [0.05, 0.1) is 11.6 Å². The highest BCUT2D eigenvalue weighted by Gasteiger charge is 1.89. The molecule has 0 aliphatic rings. The van der Waals surface area contributed by atoms with E-state index in [-0.39, 0.29) is 0 Å². The van der Waals surface area contributed by atoms with Gasteiger partial charge in [-0.25, -0.2) is 4.79 Å². The number of carboxylic acids is 1. The molecular formula is C10H5NO2. The van der Waals surface area contributed by atoms with Crippen molar-refractivity contribution in [3.63, 3.8) is 0 Å². The van der Waals surface area contributed by atoms with Crippen LogP contribution in [0.25, 0.3) is 0 Å². The maximum absolute atomic E-state index is 10.1. The van der Waals surface area contributed by atoms with E-state index in [0.29, 0.717) is 11.1 Å². The molecule has 0 atom stereocenters. The molecule has 0 radical (unpaired) electrons. The van der Waals surface area contributed by atoms with Gasteiger partial charge in [0.2, 0.25) is 0 Å². The Labute approximate surface area is 75.2 Å². The van der Waals surface area contributed by atoms with Gasteiger partial charge >= 0.3 is 5.97 Å². The molecule has 0 amide bonds. The second-order valence-corrected chi connectivity index (χ2v) is 2.24. The molecule has 0 unspecified atom stereocenters. The largest absolute Gasteiger partial charge is 0.472 e. The monoisotopic (exact) mass is 171 g/mol. The minimum atomic E-state index is -1.16. The van der Waals surface area contributed by atoms with Gasteiger partial charge in [-0.1, -0.05) is 5.92 Å². The van der Waals surface area contributed by atoms with Gasteiger partial charge in [0.25, 0.3) is 0 Å². The first kappa shape index (κ1) is 8.83. The second-order valence-electron chi connectivity index (χ2n) is 2.24. The third-order valence-electron chi connectivity index (χ3n) is 1.33. The summed E-state index contributed by atoms with van der Waals surface area (Å²) in [7, 11) is 0. The number of benzene rings is 1. The number of hydrogen-bond donors (Lipinski definition) is 1. The highest BCUT2D eigenvalue weighted by Crippen LogP contribution is 2.00. The Morgan fingerprint density at radius 3 is 2.23 bits per heavy atom. The highest BCUT2D eigenvalue weighted by atomic mass is 16.4. The van der Waals surface area contributed by atoms with Crippen LogP contribution < -0.4 is 0 Å². The molecule has 0 saturated carbocycles. The normalized spacial score (nSPS) is 7.92. The lowest BCUT2D eigenvalue weighted by molar-refractivity contribution is -0.130. The minimum Gasteiger partial charge on any atom is -0.472 e. The Hall–Kier alpha value is -2.26. The number of aliphatic carboxylic acids is 1. The van der Waals surface area contributed by atoms with E-state index in [1.165, 1.54) is 0 Å². The van der Waals surface area contributed by atoms with Crippen molar-refractivity contribution in [3.05, 3.63) is 35.4 Å². The van der Waals surface area contributed by atoms with E-state index in [2.05, 4.69) is 5.92 Å². The smallest absolute Gasteiger partial charge is 0.382 e. The fourth-order valence-corrected chi connectivity index (χ4v) is 0.754. The molecule has 1 aromatic carbocycles. The Morgan fingerprint density at radius 2 is 1.77 bits per heavy atom. The van der Waals surface area contributed by atoms with Gasteiger partial charge < -0.3 is 5.11 Å². The van der Waals surface area contributed by atoms with Gasteiger partial charge in [-0.05, 0) is 24.3 Å². The van der Waals surface area contributed by atoms with Gasteiger partial charge in [0.1, 0.15) is 0 Å². The fourth-order valence-electron chi connectivity index (χ4n) is 0.754. The van der Waals surface area contributed by atoms with Crippen LogP contribution in [0, 0.1) is 23.2 Å². The molecule has 62 valence electrons. The zero-order valence-corrected chi connectivity index (χ0v) is 6.61. The molecular weight excluding hydrogens is 166 g/mol. The number of carboxylic acid groups (broad SMARTS) is 1. The number of rotatable bonds is 0. The summed E-state index contributed by atoms with van der Waals surface area (Å²) in [5, 5.41) is 16.7. The molecule has 0 saturated heterocycles. The highest BCUT2D eigenvalue weighted by molar-refractivity contribution is 5.87. The fraction of sp³-hybridized carbons (Fsp3) is 0. The van der Waals surface area contributed by atoms with Crippen LogP contribution in [0.5, 0.6) is 0 Å². The van der Waals surface area contributed by atoms with Gasteiger partial charge in [0, 0.05) is 11.5 Å². The number of nitrogens with zero attached hydrogens (tertiary/aromatic N) is 1. The average molecular weight is 171 g/mol. The first-order chi connectivity index (χ1) is 6.22. The van der Waals surface area contributed by atoms with Crippen molar-refractivity contribution in [2.45, 2.75) is 0 Å². The van der Waals surface area contributed by atoms with Crippen LogP contribution in [0.4, 0.5) is 0 Å². The van der Waals surface area contributed by atoms with E-state index in [1.807, 2.05) is 12.0 Å². The lowest BCUT2D eigenvalue weighted by Gasteiger charge is -1.88. The summed E-state index contributed by atoms with van der Waals surface area (Å²) in [4.78, 5) is 10.1. The Balaban J connectivity index is 2.90. The molecule has 1 aromatic rings. The number of nitriles is 1. The summed E-state index contributed by atoms with van der Waals surface area (Å²) >= 11 is 0. The lowest BCUT2D eigenvalue weighted by Crippen LogP contribution is -1.87. The summed E-state index contributed by atoms with van der Waals surface area (Å²) in [5.41, 5.74) is 1.11. The van der Waals surface area contributed by atoms with Crippen LogP contribution in [-0.2, 0) is 4.79 Å². The second kappa shape index (κ2) is 3.94. The quantitative estimate of drug-likeness (QED) is 0.592. The average Bonchev–Trinajstić information content (AvgIpc) is 2.15. The summed E-state index contributed by atoms with van der Waals surface area (Å²) in [6, 6.07) is 8.34. The Bertz CT molecular complexity index is 415. The molecule has 0 spiro atoms. The van der Waals surface area contributed by atoms with Crippen molar-refractivity contribution in [3.8, 4) is 17.9 Å². The molecule has 3 nitrogen and oxygen atoms in total. The third-order valence-corrected chi connectivity index (χ3v) is 1.33. The Kier molecular flexibility index (Phi) is 2.68. The zero-order chi connectivity index (χ0) is 9.68. The lowest BCUT2D eigenvalue weighted by atomic mass is 10.1. The summed E-state index contributed by atoms with van der Waals surface area (Å²) in [5.74, 6) is 3.26. The standard InChI is InChI=1S/C10H5NO2/c11-7-9-3-1-8(2-4-9)5-6-10(12)13/h1-4H,(H,12,13).